The van der Waals surface area contributed by atoms with E-state index in [1.807, 2.05) is 25.5 Å². The number of nitrogens with zero attached hydrogens (tertiary/aromatic N) is 2. The molecule has 0 aromatic carbocycles. The van der Waals surface area contributed by atoms with Crippen LogP contribution in [0.3, 0.4) is 0 Å². The summed E-state index contributed by atoms with van der Waals surface area (Å²) >= 11 is 0. The van der Waals surface area contributed by atoms with Crippen LogP contribution in [0.2, 0.25) is 0 Å². The summed E-state index contributed by atoms with van der Waals surface area (Å²) < 4.78 is 1.90. The maximum atomic E-state index is 12.8. The van der Waals surface area contributed by atoms with Crippen molar-refractivity contribution in [1.82, 2.24) is 15.1 Å². The minimum Gasteiger partial charge on any atom is -0.349 e. The Hall–Kier alpha value is -1.07. The highest BCUT2D eigenvalue weighted by atomic mass is 35.5. The summed E-state index contributed by atoms with van der Waals surface area (Å²) in [6.45, 7) is 6.75. The van der Waals surface area contributed by atoms with Crippen molar-refractivity contribution < 1.29 is 4.79 Å². The molecule has 2 saturated carbocycles. The van der Waals surface area contributed by atoms with E-state index in [-0.39, 0.29) is 18.3 Å². The fraction of sp³-hybridized carbons (Fsp3) is 0.765. The molecule has 1 amide bonds. The van der Waals surface area contributed by atoms with Crippen molar-refractivity contribution in [3.63, 3.8) is 0 Å². The molecule has 2 unspecified atom stereocenters. The third-order valence-corrected chi connectivity index (χ3v) is 5.58. The van der Waals surface area contributed by atoms with Gasteiger partial charge in [-0.3, -0.25) is 9.48 Å². The van der Waals surface area contributed by atoms with Gasteiger partial charge >= 0.3 is 0 Å². The lowest BCUT2D eigenvalue weighted by atomic mass is 9.67. The summed E-state index contributed by atoms with van der Waals surface area (Å²) in [5, 5.41) is 7.79. The van der Waals surface area contributed by atoms with Crippen LogP contribution < -0.4 is 11.1 Å². The van der Waals surface area contributed by atoms with Crippen molar-refractivity contribution in [2.24, 2.45) is 17.6 Å². The SMILES string of the molecule is CCn1nc(C)c(C(=O)NC2C3CCCC2CC(N)C3)c1C.Cl. The van der Waals surface area contributed by atoms with E-state index < -0.39 is 0 Å². The standard InChI is InChI=1S/C17H28N4O.ClH/c1-4-21-11(3)15(10(2)20-21)17(22)19-16-12-6-5-7-13(16)9-14(18)8-12;/h12-14,16H,4-9,18H2,1-3H3,(H,19,22);1H. The number of amides is 1. The van der Waals surface area contributed by atoms with Gasteiger partial charge in [-0.25, -0.2) is 0 Å². The first-order valence-electron chi connectivity index (χ1n) is 8.61. The van der Waals surface area contributed by atoms with E-state index in [0.29, 0.717) is 23.9 Å². The van der Waals surface area contributed by atoms with Crippen LogP contribution >= 0.6 is 12.4 Å². The lowest BCUT2D eigenvalue weighted by Gasteiger charge is -2.45. The quantitative estimate of drug-likeness (QED) is 0.888. The van der Waals surface area contributed by atoms with E-state index in [9.17, 15) is 4.79 Å². The maximum absolute atomic E-state index is 12.8. The van der Waals surface area contributed by atoms with Crippen LogP contribution in [0.4, 0.5) is 0 Å². The van der Waals surface area contributed by atoms with E-state index in [0.717, 1.165) is 36.3 Å². The molecular formula is C17H29ClN4O. The molecule has 3 N–H and O–H groups in total. The van der Waals surface area contributed by atoms with Gasteiger partial charge in [0.25, 0.3) is 5.91 Å². The van der Waals surface area contributed by atoms with Gasteiger partial charge in [-0.2, -0.15) is 5.10 Å². The molecule has 3 rings (SSSR count). The Kier molecular flexibility index (Phi) is 5.74. The number of nitrogens with one attached hydrogen (secondary N) is 1. The molecule has 130 valence electrons. The molecule has 2 bridgehead atoms. The molecule has 1 aromatic heterocycles. The molecule has 1 heterocycles. The molecule has 0 radical (unpaired) electrons. The normalized spacial score (nSPS) is 29.7. The monoisotopic (exact) mass is 340 g/mol. The summed E-state index contributed by atoms with van der Waals surface area (Å²) in [6, 6.07) is 0.611. The molecule has 23 heavy (non-hydrogen) atoms. The van der Waals surface area contributed by atoms with E-state index in [1.165, 1.54) is 19.3 Å². The van der Waals surface area contributed by atoms with Gasteiger partial charge in [-0.1, -0.05) is 6.42 Å². The number of fused-ring (bicyclic) bond motifs is 2. The van der Waals surface area contributed by atoms with Crippen LogP contribution in [0.5, 0.6) is 0 Å². The Morgan fingerprint density at radius 3 is 2.43 bits per heavy atom. The number of hydrogen-bond donors (Lipinski definition) is 2. The second kappa shape index (κ2) is 7.22. The Balaban J connectivity index is 0.00000192. The first kappa shape index (κ1) is 18.3. The number of nitrogens with two attached hydrogens (primary N) is 1. The second-order valence-corrected chi connectivity index (χ2v) is 7.04. The minimum absolute atomic E-state index is 0. The van der Waals surface area contributed by atoms with Gasteiger partial charge in [-0.05, 0) is 58.3 Å². The Morgan fingerprint density at radius 1 is 1.30 bits per heavy atom. The number of carbonyl (C=O) groups is 1. The molecule has 2 aliphatic carbocycles. The van der Waals surface area contributed by atoms with Gasteiger partial charge in [0.1, 0.15) is 0 Å². The van der Waals surface area contributed by atoms with Crippen LogP contribution in [0.25, 0.3) is 0 Å². The van der Waals surface area contributed by atoms with E-state index in [4.69, 9.17) is 5.73 Å². The number of carbonyl (C=O) groups excluding carboxylic acids is 1. The predicted octanol–water partition coefficient (Wildman–Crippen LogP) is 2.58. The number of halogens is 1. The molecule has 5 nitrogen and oxygen atoms in total. The zero-order valence-corrected chi connectivity index (χ0v) is 15.2. The van der Waals surface area contributed by atoms with Crippen molar-refractivity contribution in [3.05, 3.63) is 17.0 Å². The lowest BCUT2D eigenvalue weighted by molar-refractivity contribution is 0.0755. The van der Waals surface area contributed by atoms with Gasteiger partial charge < -0.3 is 11.1 Å². The third-order valence-electron chi connectivity index (χ3n) is 5.58. The summed E-state index contributed by atoms with van der Waals surface area (Å²) in [5.41, 5.74) is 8.73. The molecule has 6 heteroatoms. The van der Waals surface area contributed by atoms with E-state index in [2.05, 4.69) is 10.4 Å². The number of aromatic nitrogens is 2. The number of aryl methyl sites for hydroxylation is 2. The van der Waals surface area contributed by atoms with Crippen molar-refractivity contribution in [2.45, 2.75) is 71.5 Å². The van der Waals surface area contributed by atoms with Crippen molar-refractivity contribution in [2.75, 3.05) is 0 Å². The van der Waals surface area contributed by atoms with Gasteiger partial charge in [0.2, 0.25) is 0 Å². The van der Waals surface area contributed by atoms with Crippen molar-refractivity contribution >= 4 is 18.3 Å². The molecule has 2 fully saturated rings. The van der Waals surface area contributed by atoms with Crippen molar-refractivity contribution in [3.8, 4) is 0 Å². The lowest BCUT2D eigenvalue weighted by Crippen LogP contribution is -2.53. The molecule has 1 aromatic rings. The molecule has 0 aliphatic heterocycles. The largest absolute Gasteiger partial charge is 0.349 e. The number of rotatable bonds is 3. The van der Waals surface area contributed by atoms with Gasteiger partial charge in [0.15, 0.2) is 0 Å². The van der Waals surface area contributed by atoms with Gasteiger partial charge in [0.05, 0.1) is 11.3 Å². The van der Waals surface area contributed by atoms with Gasteiger partial charge in [-0.15, -0.1) is 12.4 Å². The highest BCUT2D eigenvalue weighted by Crippen LogP contribution is 2.39. The van der Waals surface area contributed by atoms with Crippen LogP contribution in [0, 0.1) is 25.7 Å². The first-order valence-corrected chi connectivity index (χ1v) is 8.61. The summed E-state index contributed by atoms with van der Waals surface area (Å²) in [4.78, 5) is 12.8. The Labute approximate surface area is 144 Å². The van der Waals surface area contributed by atoms with Crippen molar-refractivity contribution in [1.29, 1.82) is 0 Å². The second-order valence-electron chi connectivity index (χ2n) is 7.04. The van der Waals surface area contributed by atoms with E-state index >= 15 is 0 Å². The maximum Gasteiger partial charge on any atom is 0.255 e. The number of hydrogen-bond acceptors (Lipinski definition) is 3. The molecule has 0 spiro atoms. The summed E-state index contributed by atoms with van der Waals surface area (Å²) in [5.74, 6) is 1.15. The Bertz CT molecular complexity index is 557. The Morgan fingerprint density at radius 2 is 1.91 bits per heavy atom. The molecular weight excluding hydrogens is 312 g/mol. The average molecular weight is 341 g/mol. The molecule has 0 saturated heterocycles. The topological polar surface area (TPSA) is 72.9 Å². The smallest absolute Gasteiger partial charge is 0.255 e. The fourth-order valence-corrected chi connectivity index (χ4v) is 4.58. The first-order chi connectivity index (χ1) is 10.5. The summed E-state index contributed by atoms with van der Waals surface area (Å²) in [6.07, 6.45) is 5.77. The highest BCUT2D eigenvalue weighted by molar-refractivity contribution is 5.96. The zero-order valence-electron chi connectivity index (χ0n) is 14.3. The minimum atomic E-state index is 0. The van der Waals surface area contributed by atoms with Crippen LogP contribution in [0.1, 0.15) is 60.8 Å². The molecule has 2 atom stereocenters. The molecule has 2 aliphatic rings. The zero-order chi connectivity index (χ0) is 15.9. The predicted molar refractivity (Wildman–Crippen MR) is 93.9 cm³/mol. The highest BCUT2D eigenvalue weighted by Gasteiger charge is 2.40. The third kappa shape index (κ3) is 3.41. The van der Waals surface area contributed by atoms with Crippen LogP contribution in [-0.2, 0) is 6.54 Å². The van der Waals surface area contributed by atoms with Crippen LogP contribution in [-0.4, -0.2) is 27.8 Å². The fourth-order valence-electron chi connectivity index (χ4n) is 4.58. The average Bonchev–Trinajstić information content (AvgIpc) is 2.74. The van der Waals surface area contributed by atoms with Gasteiger partial charge in [0, 0.05) is 24.3 Å². The van der Waals surface area contributed by atoms with E-state index in [1.54, 1.807) is 0 Å². The summed E-state index contributed by atoms with van der Waals surface area (Å²) in [7, 11) is 0. The van der Waals surface area contributed by atoms with Crippen LogP contribution in [0.15, 0.2) is 0 Å².